The molecule has 0 aromatic heterocycles. The van der Waals surface area contributed by atoms with Crippen LogP contribution in [-0.2, 0) is 4.79 Å². The zero-order valence-corrected chi connectivity index (χ0v) is 11.0. The average Bonchev–Trinajstić information content (AvgIpc) is 2.78. The molecule has 1 aliphatic rings. The monoisotopic (exact) mass is 258 g/mol. The number of urea groups is 1. The number of carbonyl (C=O) groups is 2. The van der Waals surface area contributed by atoms with Crippen LogP contribution in [0.5, 0.6) is 0 Å². The molecule has 104 valence electrons. The molecule has 2 atom stereocenters. The largest absolute Gasteiger partial charge is 0.481 e. The van der Waals surface area contributed by atoms with Crippen molar-refractivity contribution in [2.45, 2.75) is 32.8 Å². The molecule has 18 heavy (non-hydrogen) atoms. The number of hydrogen-bond acceptors (Lipinski definition) is 3. The summed E-state index contributed by atoms with van der Waals surface area (Å²) in [5.41, 5.74) is 0. The van der Waals surface area contributed by atoms with Crippen LogP contribution in [0, 0.1) is 5.92 Å². The average molecular weight is 258 g/mol. The van der Waals surface area contributed by atoms with E-state index in [0.29, 0.717) is 19.6 Å². The van der Waals surface area contributed by atoms with E-state index >= 15 is 0 Å². The molecule has 0 spiro atoms. The maximum atomic E-state index is 12.1. The van der Waals surface area contributed by atoms with Crippen LogP contribution in [0.2, 0.25) is 0 Å². The van der Waals surface area contributed by atoms with Crippen LogP contribution in [0.3, 0.4) is 0 Å². The fourth-order valence-electron chi connectivity index (χ4n) is 2.17. The van der Waals surface area contributed by atoms with Gasteiger partial charge in [-0.3, -0.25) is 4.79 Å². The van der Waals surface area contributed by atoms with Gasteiger partial charge in [-0.15, -0.1) is 0 Å². The lowest BCUT2D eigenvalue weighted by Crippen LogP contribution is -2.43. The highest BCUT2D eigenvalue weighted by Gasteiger charge is 2.31. The highest BCUT2D eigenvalue weighted by molar-refractivity contribution is 5.75. The predicted octanol–water partition coefficient (Wildman–Crippen LogP) is 0.606. The van der Waals surface area contributed by atoms with Gasteiger partial charge in [-0.2, -0.15) is 0 Å². The molecule has 2 amide bonds. The third kappa shape index (κ3) is 3.87. The molecule has 2 N–H and O–H groups in total. The van der Waals surface area contributed by atoms with E-state index in [1.165, 1.54) is 0 Å². The lowest BCUT2D eigenvalue weighted by Gasteiger charge is -2.27. The Balaban J connectivity index is 2.49. The van der Waals surface area contributed by atoms with E-state index in [1.807, 2.05) is 6.92 Å². The molecule has 0 saturated carbocycles. The van der Waals surface area contributed by atoms with Gasteiger partial charge >= 0.3 is 12.0 Å². The zero-order chi connectivity index (χ0) is 13.7. The highest BCUT2D eigenvalue weighted by Crippen LogP contribution is 2.20. The lowest BCUT2D eigenvalue weighted by atomic mass is 10.0. The number of amides is 2. The van der Waals surface area contributed by atoms with E-state index in [4.69, 9.17) is 5.11 Å². The number of carbonyl (C=O) groups excluding carboxylic acids is 1. The summed E-state index contributed by atoms with van der Waals surface area (Å²) in [6.07, 6.45) is 0.365. The molecule has 0 radical (unpaired) electrons. The number of aliphatic hydroxyl groups is 1. The van der Waals surface area contributed by atoms with Crippen molar-refractivity contribution in [3.8, 4) is 0 Å². The van der Waals surface area contributed by atoms with Crippen LogP contribution < -0.4 is 0 Å². The lowest BCUT2D eigenvalue weighted by molar-refractivity contribution is -0.137. The molecule has 1 aliphatic heterocycles. The van der Waals surface area contributed by atoms with E-state index in [1.54, 1.807) is 16.7 Å². The van der Waals surface area contributed by atoms with Gasteiger partial charge in [-0.05, 0) is 20.3 Å². The van der Waals surface area contributed by atoms with E-state index in [9.17, 15) is 14.7 Å². The smallest absolute Gasteiger partial charge is 0.320 e. The maximum absolute atomic E-state index is 12.1. The first-order valence-electron chi connectivity index (χ1n) is 6.39. The number of likely N-dealkylation sites (tertiary alicyclic amines) is 1. The number of rotatable bonds is 5. The first-order chi connectivity index (χ1) is 8.45. The molecule has 0 aliphatic carbocycles. The van der Waals surface area contributed by atoms with Gasteiger partial charge in [0.1, 0.15) is 0 Å². The molecule has 6 nitrogen and oxygen atoms in total. The van der Waals surface area contributed by atoms with Crippen molar-refractivity contribution in [1.82, 2.24) is 9.80 Å². The topological polar surface area (TPSA) is 81.1 Å². The first kappa shape index (κ1) is 14.8. The number of nitrogens with zero attached hydrogens (tertiary/aromatic N) is 2. The zero-order valence-electron chi connectivity index (χ0n) is 11.0. The molecular formula is C12H22N2O4. The van der Waals surface area contributed by atoms with Crippen LogP contribution in [-0.4, -0.2) is 64.3 Å². The number of aliphatic carboxylic acids is 1. The molecule has 0 aromatic carbocycles. The molecule has 1 saturated heterocycles. The fraction of sp³-hybridized carbons (Fsp3) is 0.833. The number of carboxylic acids is 1. The minimum atomic E-state index is -0.899. The van der Waals surface area contributed by atoms with Crippen molar-refractivity contribution in [1.29, 1.82) is 0 Å². The van der Waals surface area contributed by atoms with Crippen LogP contribution in [0.15, 0.2) is 0 Å². The quantitative estimate of drug-likeness (QED) is 0.757. The second-order valence-electron chi connectivity index (χ2n) is 4.74. The number of aliphatic hydroxyl groups excluding tert-OH is 1. The van der Waals surface area contributed by atoms with Gasteiger partial charge in [0.25, 0.3) is 0 Å². The standard InChI is InChI=1S/C12H22N2O4/c1-3-13(7-5-11(16)17)12(18)14-6-4-10(8-14)9(2)15/h9-10,15H,3-8H2,1-2H3,(H,16,17). The van der Waals surface area contributed by atoms with Gasteiger partial charge in [-0.1, -0.05) is 0 Å². The van der Waals surface area contributed by atoms with Crippen LogP contribution in [0.25, 0.3) is 0 Å². The van der Waals surface area contributed by atoms with Crippen molar-refractivity contribution >= 4 is 12.0 Å². The Morgan fingerprint density at radius 1 is 1.50 bits per heavy atom. The van der Waals surface area contributed by atoms with Gasteiger partial charge in [0.05, 0.1) is 12.5 Å². The van der Waals surface area contributed by atoms with Crippen LogP contribution in [0.1, 0.15) is 26.7 Å². The van der Waals surface area contributed by atoms with Crippen molar-refractivity contribution in [3.05, 3.63) is 0 Å². The minimum Gasteiger partial charge on any atom is -0.481 e. The SMILES string of the molecule is CCN(CCC(=O)O)C(=O)N1CCC(C(C)O)C1. The van der Waals surface area contributed by atoms with Crippen LogP contribution in [0.4, 0.5) is 4.79 Å². The summed E-state index contributed by atoms with van der Waals surface area (Å²) >= 11 is 0. The van der Waals surface area contributed by atoms with Crippen molar-refractivity contribution in [2.75, 3.05) is 26.2 Å². The van der Waals surface area contributed by atoms with Crippen molar-refractivity contribution in [2.24, 2.45) is 5.92 Å². The molecular weight excluding hydrogens is 236 g/mol. The summed E-state index contributed by atoms with van der Waals surface area (Å²) in [6, 6.07) is -0.123. The van der Waals surface area contributed by atoms with Gasteiger partial charge < -0.3 is 20.0 Å². The maximum Gasteiger partial charge on any atom is 0.320 e. The molecule has 1 rings (SSSR count). The normalized spacial score (nSPS) is 20.8. The first-order valence-corrected chi connectivity index (χ1v) is 6.39. The Morgan fingerprint density at radius 2 is 2.17 bits per heavy atom. The third-order valence-electron chi connectivity index (χ3n) is 3.43. The Morgan fingerprint density at radius 3 is 2.61 bits per heavy atom. The minimum absolute atomic E-state index is 0.0345. The summed E-state index contributed by atoms with van der Waals surface area (Å²) in [5.74, 6) is -0.767. The summed E-state index contributed by atoms with van der Waals surface area (Å²) in [7, 11) is 0. The predicted molar refractivity (Wildman–Crippen MR) is 66.3 cm³/mol. The Bertz CT molecular complexity index is 306. The molecule has 6 heteroatoms. The Labute approximate surface area is 107 Å². The van der Waals surface area contributed by atoms with Gasteiger partial charge in [0, 0.05) is 32.1 Å². The molecule has 0 aromatic rings. The highest BCUT2D eigenvalue weighted by atomic mass is 16.4. The second kappa shape index (κ2) is 6.58. The summed E-state index contributed by atoms with van der Waals surface area (Å²) in [5, 5.41) is 18.1. The van der Waals surface area contributed by atoms with Gasteiger partial charge in [-0.25, -0.2) is 4.79 Å². The Hall–Kier alpha value is -1.30. The van der Waals surface area contributed by atoms with Crippen molar-refractivity contribution < 1.29 is 19.8 Å². The van der Waals surface area contributed by atoms with E-state index in [-0.39, 0.29) is 24.9 Å². The number of hydrogen-bond donors (Lipinski definition) is 2. The second-order valence-corrected chi connectivity index (χ2v) is 4.74. The summed E-state index contributed by atoms with van der Waals surface area (Å²) in [4.78, 5) is 25.9. The summed E-state index contributed by atoms with van der Waals surface area (Å²) in [6.45, 7) is 5.50. The van der Waals surface area contributed by atoms with E-state index < -0.39 is 12.1 Å². The summed E-state index contributed by atoms with van der Waals surface area (Å²) < 4.78 is 0. The fourth-order valence-corrected chi connectivity index (χ4v) is 2.17. The molecule has 1 heterocycles. The third-order valence-corrected chi connectivity index (χ3v) is 3.43. The van der Waals surface area contributed by atoms with Gasteiger partial charge in [0.2, 0.25) is 0 Å². The van der Waals surface area contributed by atoms with E-state index in [0.717, 1.165) is 6.42 Å². The van der Waals surface area contributed by atoms with Crippen molar-refractivity contribution in [3.63, 3.8) is 0 Å². The Kier molecular flexibility index (Phi) is 5.40. The molecule has 1 fully saturated rings. The molecule has 2 unspecified atom stereocenters. The number of carboxylic acid groups (broad SMARTS) is 1. The van der Waals surface area contributed by atoms with Crippen LogP contribution >= 0.6 is 0 Å². The van der Waals surface area contributed by atoms with Gasteiger partial charge in [0.15, 0.2) is 0 Å². The molecule has 0 bridgehead atoms. The van der Waals surface area contributed by atoms with E-state index in [2.05, 4.69) is 0 Å².